The first-order valence-electron chi connectivity index (χ1n) is 5.45. The van der Waals surface area contributed by atoms with Gasteiger partial charge >= 0.3 is 6.01 Å². The number of benzene rings is 1. The Balaban J connectivity index is 2.07. The summed E-state index contributed by atoms with van der Waals surface area (Å²) in [5.74, 6) is 0.413. The van der Waals surface area contributed by atoms with Gasteiger partial charge in [0.25, 0.3) is 0 Å². The average Bonchev–Trinajstić information content (AvgIpc) is 2.38. The van der Waals surface area contributed by atoms with Gasteiger partial charge in [0, 0.05) is 27.5 Å². The molecule has 0 saturated heterocycles. The van der Waals surface area contributed by atoms with Crippen LogP contribution in [0.4, 0.5) is 0 Å². The highest BCUT2D eigenvalue weighted by atomic mass is 79.9. The summed E-state index contributed by atoms with van der Waals surface area (Å²) in [4.78, 5) is 8.38. The third kappa shape index (κ3) is 3.21. The number of rotatable bonds is 4. The first-order valence-corrected chi connectivity index (χ1v) is 6.78. The van der Waals surface area contributed by atoms with Crippen molar-refractivity contribution in [2.75, 3.05) is 0 Å². The van der Waals surface area contributed by atoms with Crippen molar-refractivity contribution in [1.82, 2.24) is 9.97 Å². The Labute approximate surface area is 119 Å². The van der Waals surface area contributed by atoms with Crippen LogP contribution in [0.3, 0.4) is 0 Å². The molecule has 2 aromatic rings. The van der Waals surface area contributed by atoms with Crippen molar-refractivity contribution in [2.45, 2.75) is 19.4 Å². The molecular formula is C13H12BrClN2O. The molecule has 0 radical (unpaired) electrons. The molecule has 0 spiro atoms. The summed E-state index contributed by atoms with van der Waals surface area (Å²) in [7, 11) is 0. The summed E-state index contributed by atoms with van der Waals surface area (Å²) in [6.07, 6.45) is 1.70. The van der Waals surface area contributed by atoms with Gasteiger partial charge in [0.05, 0.1) is 5.88 Å². The van der Waals surface area contributed by atoms with Crippen LogP contribution in [0, 0.1) is 6.92 Å². The fourth-order valence-electron chi connectivity index (χ4n) is 1.43. The number of halogens is 2. The standard InChI is InChI=1S/C13H12BrClN2O/c1-9-11(6-15)7-16-13(17-9)18-8-10-4-2-3-5-12(10)14/h2-5,7H,6,8H2,1H3. The van der Waals surface area contributed by atoms with Gasteiger partial charge in [-0.05, 0) is 13.0 Å². The van der Waals surface area contributed by atoms with Crippen LogP contribution < -0.4 is 4.74 Å². The SMILES string of the molecule is Cc1nc(OCc2ccccc2Br)ncc1CCl. The molecule has 0 aliphatic rings. The zero-order valence-corrected chi connectivity index (χ0v) is 12.2. The van der Waals surface area contributed by atoms with Gasteiger partial charge in [-0.2, -0.15) is 0 Å². The number of alkyl halides is 1. The summed E-state index contributed by atoms with van der Waals surface area (Å²) < 4.78 is 6.57. The van der Waals surface area contributed by atoms with Crippen molar-refractivity contribution in [3.8, 4) is 6.01 Å². The van der Waals surface area contributed by atoms with Gasteiger partial charge in [-0.1, -0.05) is 34.1 Å². The maximum absolute atomic E-state index is 5.75. The Morgan fingerprint density at radius 2 is 2.06 bits per heavy atom. The molecule has 3 nitrogen and oxygen atoms in total. The number of hydrogen-bond donors (Lipinski definition) is 0. The van der Waals surface area contributed by atoms with Gasteiger partial charge in [0.2, 0.25) is 0 Å². The number of nitrogens with zero attached hydrogens (tertiary/aromatic N) is 2. The van der Waals surface area contributed by atoms with E-state index >= 15 is 0 Å². The molecule has 0 aliphatic carbocycles. The van der Waals surface area contributed by atoms with E-state index in [2.05, 4.69) is 25.9 Å². The van der Waals surface area contributed by atoms with Crippen LogP contribution in [0.2, 0.25) is 0 Å². The Hall–Kier alpha value is -1.13. The molecule has 0 bridgehead atoms. The molecule has 0 unspecified atom stereocenters. The van der Waals surface area contributed by atoms with Crippen LogP contribution in [0.5, 0.6) is 6.01 Å². The third-order valence-electron chi connectivity index (χ3n) is 2.52. The molecule has 2 rings (SSSR count). The molecule has 0 amide bonds. The van der Waals surface area contributed by atoms with Gasteiger partial charge in [-0.25, -0.2) is 9.97 Å². The second-order valence-electron chi connectivity index (χ2n) is 3.78. The van der Waals surface area contributed by atoms with Crippen LogP contribution in [0.15, 0.2) is 34.9 Å². The highest BCUT2D eigenvalue weighted by Gasteiger charge is 2.05. The van der Waals surface area contributed by atoms with Crippen LogP contribution >= 0.6 is 27.5 Å². The first kappa shape index (κ1) is 13.3. The molecule has 1 aromatic heterocycles. The van der Waals surface area contributed by atoms with Crippen molar-refractivity contribution < 1.29 is 4.74 Å². The van der Waals surface area contributed by atoms with Crippen molar-refractivity contribution in [3.63, 3.8) is 0 Å². The summed E-state index contributed by atoms with van der Waals surface area (Å²) in [6.45, 7) is 2.33. The van der Waals surface area contributed by atoms with E-state index in [1.54, 1.807) is 6.20 Å². The summed E-state index contributed by atoms with van der Waals surface area (Å²) >= 11 is 9.22. The number of ether oxygens (including phenoxy) is 1. The van der Waals surface area contributed by atoms with Gasteiger partial charge in [0.15, 0.2) is 0 Å². The van der Waals surface area contributed by atoms with E-state index in [4.69, 9.17) is 16.3 Å². The fraction of sp³-hybridized carbons (Fsp3) is 0.231. The summed E-state index contributed by atoms with van der Waals surface area (Å²) in [6, 6.07) is 8.26. The molecule has 5 heteroatoms. The van der Waals surface area contributed by atoms with E-state index in [9.17, 15) is 0 Å². The number of aromatic nitrogens is 2. The third-order valence-corrected chi connectivity index (χ3v) is 3.58. The Bertz CT molecular complexity index is 548. The molecule has 1 heterocycles. The molecule has 94 valence electrons. The van der Waals surface area contributed by atoms with E-state index in [-0.39, 0.29) is 0 Å². The van der Waals surface area contributed by atoms with Crippen molar-refractivity contribution >= 4 is 27.5 Å². The maximum Gasteiger partial charge on any atom is 0.316 e. The predicted octanol–water partition coefficient (Wildman–Crippen LogP) is 3.87. The van der Waals surface area contributed by atoms with Crippen molar-refractivity contribution in [3.05, 3.63) is 51.8 Å². The zero-order chi connectivity index (χ0) is 13.0. The second kappa shape index (κ2) is 6.16. The van der Waals surface area contributed by atoms with Crippen LogP contribution in [0.1, 0.15) is 16.8 Å². The molecule has 1 aromatic carbocycles. The van der Waals surface area contributed by atoms with Gasteiger partial charge in [0.1, 0.15) is 6.61 Å². The topological polar surface area (TPSA) is 35.0 Å². The number of aryl methyl sites for hydroxylation is 1. The Morgan fingerprint density at radius 3 is 2.72 bits per heavy atom. The van der Waals surface area contributed by atoms with E-state index in [0.29, 0.717) is 18.5 Å². The zero-order valence-electron chi connectivity index (χ0n) is 9.86. The second-order valence-corrected chi connectivity index (χ2v) is 4.90. The molecule has 0 N–H and O–H groups in total. The smallest absolute Gasteiger partial charge is 0.316 e. The lowest BCUT2D eigenvalue weighted by atomic mass is 10.2. The van der Waals surface area contributed by atoms with Crippen molar-refractivity contribution in [2.24, 2.45) is 0 Å². The molecule has 0 aliphatic heterocycles. The van der Waals surface area contributed by atoms with Crippen LogP contribution in [-0.2, 0) is 12.5 Å². The van der Waals surface area contributed by atoms with E-state index < -0.39 is 0 Å². The van der Waals surface area contributed by atoms with Gasteiger partial charge < -0.3 is 4.74 Å². The molecule has 0 fully saturated rings. The van der Waals surface area contributed by atoms with E-state index in [1.807, 2.05) is 31.2 Å². The lowest BCUT2D eigenvalue weighted by Gasteiger charge is -2.07. The van der Waals surface area contributed by atoms with Gasteiger partial charge in [-0.15, -0.1) is 11.6 Å². The number of hydrogen-bond acceptors (Lipinski definition) is 3. The van der Waals surface area contributed by atoms with E-state index in [0.717, 1.165) is 21.3 Å². The lowest BCUT2D eigenvalue weighted by Crippen LogP contribution is -2.02. The minimum absolute atomic E-state index is 0.372. The van der Waals surface area contributed by atoms with Crippen LogP contribution in [-0.4, -0.2) is 9.97 Å². The molecule has 0 saturated carbocycles. The normalized spacial score (nSPS) is 10.4. The van der Waals surface area contributed by atoms with Gasteiger partial charge in [-0.3, -0.25) is 0 Å². The monoisotopic (exact) mass is 326 g/mol. The minimum Gasteiger partial charge on any atom is -0.459 e. The Kier molecular flexibility index (Phi) is 4.55. The molecular weight excluding hydrogens is 316 g/mol. The molecule has 18 heavy (non-hydrogen) atoms. The predicted molar refractivity (Wildman–Crippen MR) is 74.8 cm³/mol. The maximum atomic E-state index is 5.75. The Morgan fingerprint density at radius 1 is 1.28 bits per heavy atom. The highest BCUT2D eigenvalue weighted by Crippen LogP contribution is 2.18. The summed E-state index contributed by atoms with van der Waals surface area (Å²) in [5, 5.41) is 0. The summed E-state index contributed by atoms with van der Waals surface area (Å²) in [5.41, 5.74) is 2.83. The van der Waals surface area contributed by atoms with Crippen molar-refractivity contribution in [1.29, 1.82) is 0 Å². The largest absolute Gasteiger partial charge is 0.459 e. The quantitative estimate of drug-likeness (QED) is 0.800. The first-order chi connectivity index (χ1) is 8.70. The minimum atomic E-state index is 0.372. The average molecular weight is 328 g/mol. The highest BCUT2D eigenvalue weighted by molar-refractivity contribution is 9.10. The molecule has 0 atom stereocenters. The van der Waals surface area contributed by atoms with E-state index in [1.165, 1.54) is 0 Å². The van der Waals surface area contributed by atoms with Crippen LogP contribution in [0.25, 0.3) is 0 Å². The lowest BCUT2D eigenvalue weighted by molar-refractivity contribution is 0.279. The fourth-order valence-corrected chi connectivity index (χ4v) is 2.09.